The van der Waals surface area contributed by atoms with Crippen LogP contribution in [0.3, 0.4) is 0 Å². The predicted octanol–water partition coefficient (Wildman–Crippen LogP) is 1.38. The third-order valence-corrected chi connectivity index (χ3v) is 5.54. The third-order valence-electron chi connectivity index (χ3n) is 3.63. The lowest BCUT2D eigenvalue weighted by molar-refractivity contribution is -0.124. The number of hydrogen-bond acceptors (Lipinski definition) is 4. The lowest BCUT2D eigenvalue weighted by Crippen LogP contribution is -2.48. The summed E-state index contributed by atoms with van der Waals surface area (Å²) < 4.78 is 28.5. The Morgan fingerprint density at radius 2 is 2.10 bits per heavy atom. The number of benzene rings is 1. The maximum Gasteiger partial charge on any atom is 0.258 e. The summed E-state index contributed by atoms with van der Waals surface area (Å²) in [6, 6.07) is 5.74. The van der Waals surface area contributed by atoms with E-state index in [1.807, 2.05) is 32.0 Å². The number of amides is 1. The summed E-state index contributed by atoms with van der Waals surface area (Å²) >= 11 is 0. The van der Waals surface area contributed by atoms with Crippen LogP contribution in [0.2, 0.25) is 0 Å². The Bertz CT molecular complexity index is 654. The molecule has 21 heavy (non-hydrogen) atoms. The molecule has 0 bridgehead atoms. The highest BCUT2D eigenvalue weighted by Crippen LogP contribution is 2.23. The van der Waals surface area contributed by atoms with E-state index in [2.05, 4.69) is 5.32 Å². The van der Waals surface area contributed by atoms with Gasteiger partial charge in [0.25, 0.3) is 5.91 Å². The second kappa shape index (κ2) is 5.67. The van der Waals surface area contributed by atoms with Gasteiger partial charge in [-0.3, -0.25) is 4.79 Å². The molecule has 1 aliphatic rings. The zero-order chi connectivity index (χ0) is 15.7. The van der Waals surface area contributed by atoms with Gasteiger partial charge < -0.3 is 10.1 Å². The summed E-state index contributed by atoms with van der Waals surface area (Å²) in [6.07, 6.45) is 0.449. The van der Waals surface area contributed by atoms with Gasteiger partial charge in [0, 0.05) is 0 Å². The van der Waals surface area contributed by atoms with Crippen molar-refractivity contribution in [3.63, 3.8) is 0 Å². The van der Waals surface area contributed by atoms with E-state index in [1.54, 1.807) is 6.92 Å². The van der Waals surface area contributed by atoms with Gasteiger partial charge in [-0.25, -0.2) is 8.42 Å². The fourth-order valence-corrected chi connectivity index (χ4v) is 4.68. The molecular weight excluding hydrogens is 290 g/mol. The van der Waals surface area contributed by atoms with E-state index >= 15 is 0 Å². The van der Waals surface area contributed by atoms with Crippen LogP contribution in [-0.2, 0) is 14.6 Å². The molecule has 0 saturated carbocycles. The molecule has 2 rings (SSSR count). The molecule has 0 aliphatic carbocycles. The fourth-order valence-electron chi connectivity index (χ4n) is 2.59. The summed E-state index contributed by atoms with van der Waals surface area (Å²) in [6.45, 7) is 5.56. The maximum atomic E-state index is 11.9. The molecule has 1 fully saturated rings. The van der Waals surface area contributed by atoms with E-state index in [0.29, 0.717) is 12.2 Å². The van der Waals surface area contributed by atoms with Crippen LogP contribution in [0.25, 0.3) is 0 Å². The monoisotopic (exact) mass is 311 g/mol. The molecule has 1 aliphatic heterocycles. The minimum absolute atomic E-state index is 0.00466. The van der Waals surface area contributed by atoms with Crippen LogP contribution in [0.4, 0.5) is 0 Å². The normalized spacial score (nSPS) is 23.8. The summed E-state index contributed by atoms with van der Waals surface area (Å²) in [5.41, 5.74) is 1.42. The van der Waals surface area contributed by atoms with E-state index in [4.69, 9.17) is 4.74 Å². The molecule has 1 N–H and O–H groups in total. The zero-order valence-corrected chi connectivity index (χ0v) is 13.4. The van der Waals surface area contributed by atoms with E-state index in [0.717, 1.165) is 11.1 Å². The molecule has 1 unspecified atom stereocenters. The highest BCUT2D eigenvalue weighted by Gasteiger charge is 2.39. The van der Waals surface area contributed by atoms with Gasteiger partial charge in [-0.2, -0.15) is 0 Å². The van der Waals surface area contributed by atoms with Crippen LogP contribution in [-0.4, -0.2) is 38.0 Å². The Hall–Kier alpha value is -1.56. The van der Waals surface area contributed by atoms with Gasteiger partial charge in [0.15, 0.2) is 16.4 Å². The summed E-state index contributed by atoms with van der Waals surface area (Å²) in [5, 5.41) is 2.77. The number of hydrogen-bond donors (Lipinski definition) is 1. The van der Waals surface area contributed by atoms with Gasteiger partial charge in [0.05, 0.1) is 17.0 Å². The molecule has 6 heteroatoms. The van der Waals surface area contributed by atoms with E-state index in [-0.39, 0.29) is 24.0 Å². The Labute approximate surface area is 125 Å². The van der Waals surface area contributed by atoms with Gasteiger partial charge >= 0.3 is 0 Å². The van der Waals surface area contributed by atoms with Crippen LogP contribution in [0.5, 0.6) is 5.75 Å². The number of nitrogens with one attached hydrogen (secondary N) is 1. The molecule has 0 aromatic heterocycles. The van der Waals surface area contributed by atoms with Crippen molar-refractivity contribution in [3.8, 4) is 5.75 Å². The quantitative estimate of drug-likeness (QED) is 0.911. The van der Waals surface area contributed by atoms with Crippen LogP contribution < -0.4 is 10.1 Å². The summed E-state index contributed by atoms with van der Waals surface area (Å²) in [4.78, 5) is 11.9. The molecule has 5 nitrogen and oxygen atoms in total. The Morgan fingerprint density at radius 1 is 1.38 bits per heavy atom. The Kier molecular flexibility index (Phi) is 4.27. The first kappa shape index (κ1) is 15.8. The minimum atomic E-state index is -3.03. The van der Waals surface area contributed by atoms with Crippen molar-refractivity contribution >= 4 is 15.7 Å². The average molecular weight is 311 g/mol. The second-order valence-electron chi connectivity index (χ2n) is 6.01. The standard InChI is InChI=1S/C15H21NO4S/c1-11-4-5-13(12(2)8-11)20-9-14(17)16-15(3)6-7-21(18,19)10-15/h4-5,8H,6-7,9-10H2,1-3H3,(H,16,17). The molecule has 0 spiro atoms. The number of sulfone groups is 1. The topological polar surface area (TPSA) is 72.5 Å². The molecule has 1 amide bonds. The molecule has 1 heterocycles. The fraction of sp³-hybridized carbons (Fsp3) is 0.533. The first-order valence-electron chi connectivity index (χ1n) is 6.91. The largest absolute Gasteiger partial charge is 0.484 e. The van der Waals surface area contributed by atoms with Gasteiger partial charge in [-0.15, -0.1) is 0 Å². The zero-order valence-electron chi connectivity index (χ0n) is 12.6. The van der Waals surface area contributed by atoms with Crippen molar-refractivity contribution in [2.24, 2.45) is 0 Å². The van der Waals surface area contributed by atoms with Crippen LogP contribution in [0, 0.1) is 13.8 Å². The van der Waals surface area contributed by atoms with Crippen molar-refractivity contribution in [2.75, 3.05) is 18.1 Å². The number of ether oxygens (including phenoxy) is 1. The minimum Gasteiger partial charge on any atom is -0.484 e. The van der Waals surface area contributed by atoms with Gasteiger partial charge in [-0.05, 0) is 38.8 Å². The smallest absolute Gasteiger partial charge is 0.258 e. The first-order chi connectivity index (χ1) is 9.69. The summed E-state index contributed by atoms with van der Waals surface area (Å²) in [7, 11) is -3.03. The van der Waals surface area contributed by atoms with E-state index in [9.17, 15) is 13.2 Å². The van der Waals surface area contributed by atoms with Crippen LogP contribution in [0.15, 0.2) is 18.2 Å². The predicted molar refractivity (Wildman–Crippen MR) is 81.2 cm³/mol. The third kappa shape index (κ3) is 4.20. The van der Waals surface area contributed by atoms with Crippen LogP contribution >= 0.6 is 0 Å². The van der Waals surface area contributed by atoms with Crippen molar-refractivity contribution in [1.29, 1.82) is 0 Å². The van der Waals surface area contributed by atoms with Gasteiger partial charge in [-0.1, -0.05) is 17.7 Å². The highest BCUT2D eigenvalue weighted by molar-refractivity contribution is 7.91. The maximum absolute atomic E-state index is 11.9. The highest BCUT2D eigenvalue weighted by atomic mass is 32.2. The Morgan fingerprint density at radius 3 is 2.67 bits per heavy atom. The number of carbonyl (C=O) groups is 1. The molecule has 1 aromatic carbocycles. The van der Waals surface area contributed by atoms with Crippen molar-refractivity contribution in [1.82, 2.24) is 5.32 Å². The van der Waals surface area contributed by atoms with E-state index < -0.39 is 15.4 Å². The second-order valence-corrected chi connectivity index (χ2v) is 8.19. The van der Waals surface area contributed by atoms with Crippen molar-refractivity contribution in [3.05, 3.63) is 29.3 Å². The first-order valence-corrected chi connectivity index (χ1v) is 8.73. The molecule has 116 valence electrons. The Balaban J connectivity index is 1.91. The average Bonchev–Trinajstić information content (AvgIpc) is 2.62. The summed E-state index contributed by atoms with van der Waals surface area (Å²) in [5.74, 6) is 0.492. The number of aryl methyl sites for hydroxylation is 2. The number of rotatable bonds is 4. The van der Waals surface area contributed by atoms with Crippen LogP contribution in [0.1, 0.15) is 24.5 Å². The van der Waals surface area contributed by atoms with Gasteiger partial charge in [0.2, 0.25) is 0 Å². The van der Waals surface area contributed by atoms with Crippen molar-refractivity contribution < 1.29 is 17.9 Å². The molecule has 1 atom stereocenters. The number of carbonyl (C=O) groups excluding carboxylic acids is 1. The molecular formula is C15H21NO4S. The van der Waals surface area contributed by atoms with Gasteiger partial charge in [0.1, 0.15) is 5.75 Å². The molecule has 1 aromatic rings. The molecule has 1 saturated heterocycles. The lowest BCUT2D eigenvalue weighted by atomic mass is 10.0. The molecule has 0 radical (unpaired) electrons. The van der Waals surface area contributed by atoms with Crippen molar-refractivity contribution in [2.45, 2.75) is 32.7 Å². The SMILES string of the molecule is Cc1ccc(OCC(=O)NC2(C)CCS(=O)(=O)C2)c(C)c1. The van der Waals surface area contributed by atoms with E-state index in [1.165, 1.54) is 0 Å². The lowest BCUT2D eigenvalue weighted by Gasteiger charge is -2.23.